The predicted octanol–water partition coefficient (Wildman–Crippen LogP) is 4.88. The standard InChI is InChI=1S/C25H29N3O3/c1-25(30,17-7-4-3-5-8-17)15-23(29)27-24-26-20-14-22(31-2)19(16-11-12-16)13-21(20)28(24)18-9-6-10-18/h3-5,7-8,13-14,16,18,30H,6,9-12,15H2,1-2H3,(H,26,27,29)/t25-/m1/s1. The van der Waals surface area contributed by atoms with Gasteiger partial charge in [-0.1, -0.05) is 30.3 Å². The van der Waals surface area contributed by atoms with Gasteiger partial charge < -0.3 is 14.4 Å². The van der Waals surface area contributed by atoms with Gasteiger partial charge in [-0.15, -0.1) is 0 Å². The summed E-state index contributed by atoms with van der Waals surface area (Å²) in [7, 11) is 1.70. The zero-order valence-corrected chi connectivity index (χ0v) is 18.1. The van der Waals surface area contributed by atoms with Gasteiger partial charge in [0, 0.05) is 12.1 Å². The smallest absolute Gasteiger partial charge is 0.229 e. The average molecular weight is 420 g/mol. The Morgan fingerprint density at radius 3 is 2.58 bits per heavy atom. The molecule has 2 N–H and O–H groups in total. The summed E-state index contributed by atoms with van der Waals surface area (Å²) >= 11 is 0. The van der Waals surface area contributed by atoms with Crippen LogP contribution in [-0.2, 0) is 10.4 Å². The first-order valence-electron chi connectivity index (χ1n) is 11.1. The number of methoxy groups -OCH3 is 1. The Hall–Kier alpha value is -2.86. The highest BCUT2D eigenvalue weighted by molar-refractivity contribution is 5.92. The number of benzene rings is 2. The van der Waals surface area contributed by atoms with Crippen LogP contribution in [0.2, 0.25) is 0 Å². The summed E-state index contributed by atoms with van der Waals surface area (Å²) in [6.45, 7) is 1.67. The number of ether oxygens (including phenoxy) is 1. The Bertz CT molecular complexity index is 1110. The predicted molar refractivity (Wildman–Crippen MR) is 120 cm³/mol. The Balaban J connectivity index is 1.47. The van der Waals surface area contributed by atoms with Gasteiger partial charge in [0.1, 0.15) is 5.75 Å². The number of nitrogens with zero attached hydrogens (tertiary/aromatic N) is 2. The van der Waals surface area contributed by atoms with Crippen LogP contribution < -0.4 is 10.1 Å². The molecule has 0 unspecified atom stereocenters. The highest BCUT2D eigenvalue weighted by atomic mass is 16.5. The molecule has 2 aliphatic carbocycles. The minimum atomic E-state index is -1.25. The van der Waals surface area contributed by atoms with Gasteiger partial charge in [0.2, 0.25) is 11.9 Å². The topological polar surface area (TPSA) is 76.4 Å². The maximum atomic E-state index is 12.9. The van der Waals surface area contributed by atoms with E-state index in [1.165, 1.54) is 24.8 Å². The molecule has 0 radical (unpaired) electrons. The minimum Gasteiger partial charge on any atom is -0.496 e. The third-order valence-corrected chi connectivity index (χ3v) is 6.65. The molecular weight excluding hydrogens is 390 g/mol. The molecule has 31 heavy (non-hydrogen) atoms. The lowest BCUT2D eigenvalue weighted by atomic mass is 9.92. The van der Waals surface area contributed by atoms with E-state index in [0.29, 0.717) is 17.9 Å². The number of carbonyl (C=O) groups is 1. The second-order valence-corrected chi connectivity index (χ2v) is 9.11. The number of hydrogen-bond donors (Lipinski definition) is 2. The zero-order valence-electron chi connectivity index (χ0n) is 18.1. The third kappa shape index (κ3) is 3.81. The van der Waals surface area contributed by atoms with Crippen molar-refractivity contribution in [3.63, 3.8) is 0 Å². The van der Waals surface area contributed by atoms with E-state index in [9.17, 15) is 9.90 Å². The van der Waals surface area contributed by atoms with Crippen molar-refractivity contribution in [1.82, 2.24) is 9.55 Å². The van der Waals surface area contributed by atoms with Crippen LogP contribution in [-0.4, -0.2) is 27.7 Å². The van der Waals surface area contributed by atoms with Gasteiger partial charge in [0.15, 0.2) is 0 Å². The molecule has 3 aromatic rings. The van der Waals surface area contributed by atoms with Gasteiger partial charge in [-0.2, -0.15) is 0 Å². The molecule has 162 valence electrons. The van der Waals surface area contributed by atoms with Crippen molar-refractivity contribution in [3.05, 3.63) is 53.6 Å². The van der Waals surface area contributed by atoms with Gasteiger partial charge in [-0.05, 0) is 62.1 Å². The molecule has 6 heteroatoms. The fraction of sp³-hybridized carbons (Fsp3) is 0.440. The quantitative estimate of drug-likeness (QED) is 0.572. The van der Waals surface area contributed by atoms with E-state index < -0.39 is 5.60 Å². The van der Waals surface area contributed by atoms with Crippen LogP contribution in [0, 0.1) is 0 Å². The van der Waals surface area contributed by atoms with E-state index in [1.54, 1.807) is 14.0 Å². The Morgan fingerprint density at radius 2 is 1.97 bits per heavy atom. The molecule has 1 aromatic heterocycles. The fourth-order valence-electron chi connectivity index (χ4n) is 4.51. The van der Waals surface area contributed by atoms with E-state index in [-0.39, 0.29) is 12.3 Å². The molecule has 0 spiro atoms. The van der Waals surface area contributed by atoms with Crippen molar-refractivity contribution < 1.29 is 14.6 Å². The summed E-state index contributed by atoms with van der Waals surface area (Å²) in [4.78, 5) is 17.7. The van der Waals surface area contributed by atoms with Crippen molar-refractivity contribution in [1.29, 1.82) is 0 Å². The number of hydrogen-bond acceptors (Lipinski definition) is 4. The lowest BCUT2D eigenvalue weighted by Gasteiger charge is -2.29. The van der Waals surface area contributed by atoms with Crippen LogP contribution in [0.5, 0.6) is 5.75 Å². The minimum absolute atomic E-state index is 0.0401. The van der Waals surface area contributed by atoms with Crippen LogP contribution in [0.15, 0.2) is 42.5 Å². The molecule has 0 bridgehead atoms. The molecule has 2 aliphatic rings. The van der Waals surface area contributed by atoms with E-state index in [2.05, 4.69) is 16.0 Å². The molecule has 0 saturated heterocycles. The zero-order chi connectivity index (χ0) is 21.6. The Labute approximate surface area is 182 Å². The highest BCUT2D eigenvalue weighted by Crippen LogP contribution is 2.47. The van der Waals surface area contributed by atoms with Crippen LogP contribution >= 0.6 is 0 Å². The van der Waals surface area contributed by atoms with E-state index >= 15 is 0 Å². The molecule has 0 aliphatic heterocycles. The molecule has 1 amide bonds. The number of aliphatic hydroxyl groups is 1. The van der Waals surface area contributed by atoms with Crippen molar-refractivity contribution >= 4 is 22.9 Å². The first-order valence-corrected chi connectivity index (χ1v) is 11.1. The number of amides is 1. The van der Waals surface area contributed by atoms with Crippen LogP contribution in [0.25, 0.3) is 11.0 Å². The second kappa shape index (κ2) is 7.68. The van der Waals surface area contributed by atoms with E-state index in [1.807, 2.05) is 36.4 Å². The Kier molecular flexibility index (Phi) is 4.97. The number of carbonyl (C=O) groups excluding carboxylic acids is 1. The van der Waals surface area contributed by atoms with Crippen molar-refractivity contribution in [2.45, 2.75) is 63.0 Å². The lowest BCUT2D eigenvalue weighted by Crippen LogP contribution is -2.30. The maximum Gasteiger partial charge on any atom is 0.229 e. The van der Waals surface area contributed by atoms with Crippen molar-refractivity contribution in [3.8, 4) is 5.75 Å². The normalized spacial score (nSPS) is 18.4. The van der Waals surface area contributed by atoms with E-state index in [0.717, 1.165) is 35.2 Å². The number of rotatable bonds is 7. The monoisotopic (exact) mass is 419 g/mol. The molecular formula is C25H29N3O3. The number of imidazole rings is 1. The van der Waals surface area contributed by atoms with Crippen LogP contribution in [0.3, 0.4) is 0 Å². The van der Waals surface area contributed by atoms with Crippen LogP contribution in [0.4, 0.5) is 5.95 Å². The van der Waals surface area contributed by atoms with Gasteiger partial charge in [0.25, 0.3) is 0 Å². The van der Waals surface area contributed by atoms with Gasteiger partial charge in [-0.3, -0.25) is 10.1 Å². The summed E-state index contributed by atoms with van der Waals surface area (Å²) < 4.78 is 7.81. The summed E-state index contributed by atoms with van der Waals surface area (Å²) in [6.07, 6.45) is 5.70. The van der Waals surface area contributed by atoms with Crippen LogP contribution in [0.1, 0.15) is 68.5 Å². The van der Waals surface area contributed by atoms with Gasteiger partial charge in [0.05, 0.1) is 30.2 Å². The third-order valence-electron chi connectivity index (χ3n) is 6.65. The summed E-state index contributed by atoms with van der Waals surface area (Å²) in [5, 5.41) is 13.9. The molecule has 5 rings (SSSR count). The first-order chi connectivity index (χ1) is 15.0. The molecule has 2 fully saturated rings. The first kappa shape index (κ1) is 20.1. The molecule has 6 nitrogen and oxygen atoms in total. The number of aromatic nitrogens is 2. The number of anilines is 1. The summed E-state index contributed by atoms with van der Waals surface area (Å²) in [5.41, 5.74) is 2.59. The average Bonchev–Trinajstić information content (AvgIpc) is 3.50. The Morgan fingerprint density at radius 1 is 1.23 bits per heavy atom. The van der Waals surface area contributed by atoms with E-state index in [4.69, 9.17) is 9.72 Å². The molecule has 2 saturated carbocycles. The SMILES string of the molecule is COc1cc2nc(NC(=O)C[C@@](C)(O)c3ccccc3)n(C3CCC3)c2cc1C1CC1. The maximum absolute atomic E-state index is 12.9. The number of fused-ring (bicyclic) bond motifs is 1. The molecule has 1 heterocycles. The fourth-order valence-corrected chi connectivity index (χ4v) is 4.51. The second-order valence-electron chi connectivity index (χ2n) is 9.11. The number of nitrogens with one attached hydrogen (secondary N) is 1. The van der Waals surface area contributed by atoms with Gasteiger partial charge in [-0.25, -0.2) is 4.98 Å². The van der Waals surface area contributed by atoms with Crippen molar-refractivity contribution in [2.75, 3.05) is 12.4 Å². The van der Waals surface area contributed by atoms with Crippen molar-refractivity contribution in [2.24, 2.45) is 0 Å². The summed E-state index contributed by atoms with van der Waals surface area (Å²) in [5.74, 6) is 1.74. The molecule has 2 aromatic carbocycles. The molecule has 1 atom stereocenters. The lowest BCUT2D eigenvalue weighted by molar-refractivity contribution is -0.120. The van der Waals surface area contributed by atoms with Gasteiger partial charge >= 0.3 is 0 Å². The largest absolute Gasteiger partial charge is 0.496 e. The highest BCUT2D eigenvalue weighted by Gasteiger charge is 2.32. The summed E-state index contributed by atoms with van der Waals surface area (Å²) in [6, 6.07) is 13.8.